The minimum atomic E-state index is 0.0469. The van der Waals surface area contributed by atoms with Crippen molar-refractivity contribution in [1.82, 2.24) is 24.7 Å². The van der Waals surface area contributed by atoms with Crippen LogP contribution in [0.4, 0.5) is 5.82 Å². The Kier molecular flexibility index (Phi) is 6.95. The van der Waals surface area contributed by atoms with Crippen molar-refractivity contribution < 1.29 is 4.79 Å². The molecule has 196 valence electrons. The lowest BCUT2D eigenvalue weighted by molar-refractivity contribution is 0.0902. The van der Waals surface area contributed by atoms with Gasteiger partial charge in [0.25, 0.3) is 5.91 Å². The van der Waals surface area contributed by atoms with Crippen molar-refractivity contribution in [3.63, 3.8) is 0 Å². The molecule has 1 N–H and O–H groups in total. The number of hydrogen-bond donors (Lipinski definition) is 1. The number of rotatable bonds is 6. The molecule has 5 heterocycles. The van der Waals surface area contributed by atoms with Crippen LogP contribution in [0.1, 0.15) is 74.6 Å². The lowest BCUT2D eigenvalue weighted by Gasteiger charge is -2.36. The molecule has 0 radical (unpaired) electrons. The van der Waals surface area contributed by atoms with Crippen LogP contribution >= 0.6 is 0 Å². The van der Waals surface area contributed by atoms with Crippen molar-refractivity contribution in [3.05, 3.63) is 23.9 Å². The third-order valence-corrected chi connectivity index (χ3v) is 9.51. The minimum Gasteiger partial charge on any atom is -0.357 e. The summed E-state index contributed by atoms with van der Waals surface area (Å²) in [6, 6.07) is 4.47. The molecule has 0 aromatic carbocycles. The standard InChI is InChI=1S/C29H44N6O/c1-32-22-25(24-6-7-26(31-27(24)32)35-14-4-2-3-5-15-35)28(36)30-23-8-16-33(17-9-23)20-21-34-18-12-29(10-11-29)13-19-34/h6-7,22-23H,2-5,8-21H2,1H3,(H,30,36). The molecule has 0 unspecified atom stereocenters. The van der Waals surface area contributed by atoms with Gasteiger partial charge in [0.05, 0.1) is 5.56 Å². The highest BCUT2D eigenvalue weighted by molar-refractivity contribution is 6.06. The number of pyridine rings is 1. The molecular weight excluding hydrogens is 448 g/mol. The van der Waals surface area contributed by atoms with E-state index in [1.807, 2.05) is 17.8 Å². The summed E-state index contributed by atoms with van der Waals surface area (Å²) in [6.07, 6.45) is 14.9. The van der Waals surface area contributed by atoms with Crippen molar-refractivity contribution >= 4 is 22.8 Å². The second-order valence-corrected chi connectivity index (χ2v) is 12.0. The fourth-order valence-corrected chi connectivity index (χ4v) is 6.67. The monoisotopic (exact) mass is 492 g/mol. The van der Waals surface area contributed by atoms with Crippen LogP contribution in [0, 0.1) is 5.41 Å². The van der Waals surface area contributed by atoms with Gasteiger partial charge in [-0.2, -0.15) is 0 Å². The maximum atomic E-state index is 13.3. The number of carbonyl (C=O) groups excluding carboxylic acids is 1. The van der Waals surface area contributed by atoms with Gasteiger partial charge in [-0.15, -0.1) is 0 Å². The van der Waals surface area contributed by atoms with Crippen molar-refractivity contribution in [2.24, 2.45) is 12.5 Å². The van der Waals surface area contributed by atoms with Crippen LogP contribution in [0.3, 0.4) is 0 Å². The first kappa shape index (κ1) is 24.2. The topological polar surface area (TPSA) is 56.6 Å². The molecule has 4 fully saturated rings. The molecule has 1 aliphatic carbocycles. The second kappa shape index (κ2) is 10.3. The van der Waals surface area contributed by atoms with E-state index in [9.17, 15) is 4.79 Å². The number of anilines is 1. The maximum absolute atomic E-state index is 13.3. The Balaban J connectivity index is 1.01. The first-order valence-corrected chi connectivity index (χ1v) is 14.6. The van der Waals surface area contributed by atoms with Crippen molar-refractivity contribution in [1.29, 1.82) is 0 Å². The summed E-state index contributed by atoms with van der Waals surface area (Å²) >= 11 is 0. The fraction of sp³-hybridized carbons (Fsp3) is 0.724. The van der Waals surface area contributed by atoms with Crippen LogP contribution in [0.2, 0.25) is 0 Å². The van der Waals surface area contributed by atoms with E-state index in [0.717, 1.165) is 66.9 Å². The summed E-state index contributed by atoms with van der Waals surface area (Å²) in [6.45, 7) is 9.29. The predicted molar refractivity (Wildman–Crippen MR) is 146 cm³/mol. The third-order valence-electron chi connectivity index (χ3n) is 9.51. The fourth-order valence-electron chi connectivity index (χ4n) is 6.67. The summed E-state index contributed by atoms with van der Waals surface area (Å²) in [4.78, 5) is 25.9. The van der Waals surface area contributed by atoms with Crippen LogP contribution in [0.5, 0.6) is 0 Å². The van der Waals surface area contributed by atoms with Crippen molar-refractivity contribution in [2.75, 3.05) is 57.3 Å². The Labute approximate surface area is 216 Å². The van der Waals surface area contributed by atoms with Gasteiger partial charge >= 0.3 is 0 Å². The Bertz CT molecular complexity index is 1050. The van der Waals surface area contributed by atoms with Crippen LogP contribution in [-0.4, -0.2) is 83.7 Å². The molecule has 36 heavy (non-hydrogen) atoms. The summed E-state index contributed by atoms with van der Waals surface area (Å²) in [7, 11) is 2.00. The van der Waals surface area contributed by atoms with Crippen LogP contribution in [0.15, 0.2) is 18.3 Å². The molecule has 7 nitrogen and oxygen atoms in total. The van der Waals surface area contributed by atoms with E-state index in [2.05, 4.69) is 32.1 Å². The van der Waals surface area contributed by atoms with Gasteiger partial charge in [-0.3, -0.25) is 4.79 Å². The van der Waals surface area contributed by atoms with Gasteiger partial charge in [0.15, 0.2) is 0 Å². The number of piperidine rings is 2. The molecule has 3 aliphatic heterocycles. The number of likely N-dealkylation sites (tertiary alicyclic amines) is 2. The number of fused-ring (bicyclic) bond motifs is 1. The Morgan fingerprint density at radius 3 is 2.25 bits per heavy atom. The molecule has 2 aromatic heterocycles. The van der Waals surface area contributed by atoms with Crippen molar-refractivity contribution in [3.8, 4) is 0 Å². The zero-order chi connectivity index (χ0) is 24.5. The molecule has 4 aliphatic rings. The lowest BCUT2D eigenvalue weighted by Crippen LogP contribution is -2.47. The first-order valence-electron chi connectivity index (χ1n) is 14.6. The summed E-state index contributed by atoms with van der Waals surface area (Å²) in [5.74, 6) is 1.09. The largest absolute Gasteiger partial charge is 0.357 e. The summed E-state index contributed by atoms with van der Waals surface area (Å²) < 4.78 is 2.01. The average Bonchev–Trinajstić information content (AvgIpc) is 3.65. The minimum absolute atomic E-state index is 0.0469. The van der Waals surface area contributed by atoms with Gasteiger partial charge in [-0.1, -0.05) is 12.8 Å². The highest BCUT2D eigenvalue weighted by Gasteiger charge is 2.44. The Morgan fingerprint density at radius 1 is 0.917 bits per heavy atom. The number of nitrogens with zero attached hydrogens (tertiary/aromatic N) is 5. The van der Waals surface area contributed by atoms with Gasteiger partial charge in [-0.25, -0.2) is 4.98 Å². The number of aromatic nitrogens is 2. The van der Waals surface area contributed by atoms with Gasteiger partial charge < -0.3 is 24.6 Å². The molecule has 3 saturated heterocycles. The molecule has 6 rings (SSSR count). The maximum Gasteiger partial charge on any atom is 0.253 e. The summed E-state index contributed by atoms with van der Waals surface area (Å²) in [5.41, 5.74) is 2.42. The SMILES string of the molecule is Cn1cc(C(=O)NC2CCN(CCN3CCC4(CC3)CC4)CC2)c2ccc(N3CCCCCC3)nc21. The number of carbonyl (C=O) groups is 1. The van der Waals surface area contributed by atoms with Crippen LogP contribution in [-0.2, 0) is 7.05 Å². The van der Waals surface area contributed by atoms with Gasteiger partial charge in [0.1, 0.15) is 11.5 Å². The predicted octanol–water partition coefficient (Wildman–Crippen LogP) is 4.02. The molecule has 1 spiro atoms. The van der Waals surface area contributed by atoms with Gasteiger partial charge in [0, 0.05) is 63.9 Å². The van der Waals surface area contributed by atoms with Gasteiger partial charge in [-0.05, 0) is 82.0 Å². The highest BCUT2D eigenvalue weighted by atomic mass is 16.1. The second-order valence-electron chi connectivity index (χ2n) is 12.0. The number of aryl methyl sites for hydroxylation is 1. The number of amides is 1. The van der Waals surface area contributed by atoms with E-state index in [1.165, 1.54) is 77.5 Å². The normalized spacial score (nSPS) is 23.8. The molecule has 0 atom stereocenters. The Hall–Kier alpha value is -2.12. The van der Waals surface area contributed by atoms with Crippen LogP contribution < -0.4 is 10.2 Å². The first-order chi connectivity index (χ1) is 17.6. The smallest absolute Gasteiger partial charge is 0.253 e. The van der Waals surface area contributed by atoms with E-state index in [-0.39, 0.29) is 11.9 Å². The van der Waals surface area contributed by atoms with E-state index in [0.29, 0.717) is 0 Å². The molecule has 1 saturated carbocycles. The average molecular weight is 493 g/mol. The van der Waals surface area contributed by atoms with E-state index in [1.54, 1.807) is 0 Å². The number of nitrogens with one attached hydrogen (secondary N) is 1. The Morgan fingerprint density at radius 2 is 1.58 bits per heavy atom. The van der Waals surface area contributed by atoms with E-state index >= 15 is 0 Å². The zero-order valence-electron chi connectivity index (χ0n) is 22.2. The summed E-state index contributed by atoms with van der Waals surface area (Å²) in [5, 5.41) is 4.30. The lowest BCUT2D eigenvalue weighted by atomic mass is 9.94. The van der Waals surface area contributed by atoms with Crippen LogP contribution in [0.25, 0.3) is 11.0 Å². The highest BCUT2D eigenvalue weighted by Crippen LogP contribution is 2.53. The van der Waals surface area contributed by atoms with E-state index < -0.39 is 0 Å². The molecule has 0 bridgehead atoms. The third kappa shape index (κ3) is 5.28. The molecule has 2 aromatic rings. The molecular formula is C29H44N6O. The van der Waals surface area contributed by atoms with E-state index in [4.69, 9.17) is 4.98 Å². The molecule has 1 amide bonds. The number of hydrogen-bond acceptors (Lipinski definition) is 5. The molecule has 7 heteroatoms. The van der Waals surface area contributed by atoms with Gasteiger partial charge in [0.2, 0.25) is 0 Å². The van der Waals surface area contributed by atoms with Crippen molar-refractivity contribution in [2.45, 2.75) is 70.3 Å². The zero-order valence-corrected chi connectivity index (χ0v) is 22.2. The quantitative estimate of drug-likeness (QED) is 0.660.